The van der Waals surface area contributed by atoms with Gasteiger partial charge in [-0.3, -0.25) is 4.79 Å². The average molecular weight is 235 g/mol. The maximum atomic E-state index is 10.8. The second kappa shape index (κ2) is 5.94. The molecule has 0 aliphatic heterocycles. The second-order valence-corrected chi connectivity index (χ2v) is 3.96. The Morgan fingerprint density at radius 3 is 2.41 bits per heavy atom. The summed E-state index contributed by atoms with van der Waals surface area (Å²) >= 11 is 0. The summed E-state index contributed by atoms with van der Waals surface area (Å²) in [6.45, 7) is 1.51. The van der Waals surface area contributed by atoms with Crippen molar-refractivity contribution in [2.24, 2.45) is 5.73 Å². The van der Waals surface area contributed by atoms with E-state index in [1.807, 2.05) is 12.1 Å². The molecule has 1 rings (SSSR count). The van der Waals surface area contributed by atoms with Crippen molar-refractivity contribution in [2.45, 2.75) is 26.2 Å². The van der Waals surface area contributed by atoms with E-state index in [-0.39, 0.29) is 17.1 Å². The molecule has 4 heteroatoms. The van der Waals surface area contributed by atoms with Crippen LogP contribution in [0.3, 0.4) is 0 Å². The Bertz CT molecular complexity index is 421. The molecular formula is C13H17NO3. The average Bonchev–Trinajstić information content (AvgIpc) is 2.30. The molecular weight excluding hydrogens is 218 g/mol. The summed E-state index contributed by atoms with van der Waals surface area (Å²) in [4.78, 5) is 10.8. The summed E-state index contributed by atoms with van der Waals surface area (Å²) in [6.07, 6.45) is 1.92. The van der Waals surface area contributed by atoms with E-state index in [1.54, 1.807) is 12.1 Å². The standard InChI is InChI=1S/C13H17NO3/c1-9(13(14)17)12(16)4-2-3-10-5-7-11(15)8-6-10/h5-8,15-16H,2-4H2,1H3,(H2,14,17). The van der Waals surface area contributed by atoms with Crippen LogP contribution >= 0.6 is 0 Å². The largest absolute Gasteiger partial charge is 0.512 e. The molecule has 0 aromatic heterocycles. The molecule has 0 bridgehead atoms. The van der Waals surface area contributed by atoms with Gasteiger partial charge in [-0.2, -0.15) is 0 Å². The van der Waals surface area contributed by atoms with Crippen LogP contribution in [0, 0.1) is 0 Å². The van der Waals surface area contributed by atoms with Crippen LogP contribution in [0.4, 0.5) is 0 Å². The van der Waals surface area contributed by atoms with Gasteiger partial charge in [-0.25, -0.2) is 0 Å². The number of phenols is 1. The van der Waals surface area contributed by atoms with Gasteiger partial charge in [0.1, 0.15) is 11.5 Å². The Hall–Kier alpha value is -1.97. The second-order valence-electron chi connectivity index (χ2n) is 3.96. The summed E-state index contributed by atoms with van der Waals surface area (Å²) in [5.41, 5.74) is 6.35. The fourth-order valence-electron chi connectivity index (χ4n) is 1.45. The molecule has 4 nitrogen and oxygen atoms in total. The van der Waals surface area contributed by atoms with Crippen molar-refractivity contribution in [3.05, 3.63) is 41.2 Å². The molecule has 0 radical (unpaired) electrons. The monoisotopic (exact) mass is 235 g/mol. The molecule has 92 valence electrons. The summed E-state index contributed by atoms with van der Waals surface area (Å²) in [5.74, 6) is -0.301. The van der Waals surface area contributed by atoms with Crippen LogP contribution in [0.25, 0.3) is 0 Å². The molecule has 0 aliphatic carbocycles. The Labute approximate surface area is 100 Å². The van der Waals surface area contributed by atoms with Crippen LogP contribution in [0.5, 0.6) is 5.75 Å². The number of hydrogen-bond donors (Lipinski definition) is 3. The highest BCUT2D eigenvalue weighted by Gasteiger charge is 2.05. The number of aliphatic hydroxyl groups is 1. The van der Waals surface area contributed by atoms with Gasteiger partial charge in [0.2, 0.25) is 5.91 Å². The lowest BCUT2D eigenvalue weighted by Gasteiger charge is -2.04. The Morgan fingerprint density at radius 1 is 1.29 bits per heavy atom. The van der Waals surface area contributed by atoms with E-state index in [0.717, 1.165) is 18.4 Å². The number of benzene rings is 1. The van der Waals surface area contributed by atoms with Crippen molar-refractivity contribution in [3.63, 3.8) is 0 Å². The number of aliphatic hydroxyl groups excluding tert-OH is 1. The van der Waals surface area contributed by atoms with Gasteiger partial charge in [-0.1, -0.05) is 12.1 Å². The minimum Gasteiger partial charge on any atom is -0.512 e. The van der Waals surface area contributed by atoms with Gasteiger partial charge in [0.15, 0.2) is 0 Å². The van der Waals surface area contributed by atoms with Crippen LogP contribution in [0.15, 0.2) is 35.6 Å². The van der Waals surface area contributed by atoms with Crippen LogP contribution in [0.2, 0.25) is 0 Å². The molecule has 0 aliphatic rings. The van der Waals surface area contributed by atoms with Gasteiger partial charge < -0.3 is 15.9 Å². The number of aryl methyl sites for hydroxylation is 1. The van der Waals surface area contributed by atoms with Crippen LogP contribution < -0.4 is 5.73 Å². The van der Waals surface area contributed by atoms with Gasteiger partial charge in [0, 0.05) is 6.42 Å². The quantitative estimate of drug-likeness (QED) is 0.539. The summed E-state index contributed by atoms with van der Waals surface area (Å²) in [7, 11) is 0. The zero-order chi connectivity index (χ0) is 12.8. The SMILES string of the molecule is CC(C(N)=O)=C(O)CCCc1ccc(O)cc1. The number of carbonyl (C=O) groups is 1. The number of phenolic OH excluding ortho intramolecular Hbond substituents is 1. The number of rotatable bonds is 5. The van der Waals surface area contributed by atoms with E-state index < -0.39 is 5.91 Å². The fourth-order valence-corrected chi connectivity index (χ4v) is 1.45. The normalized spacial score (nSPS) is 12.1. The van der Waals surface area contributed by atoms with Crippen molar-refractivity contribution in [3.8, 4) is 5.75 Å². The molecule has 0 saturated heterocycles. The first kappa shape index (κ1) is 13.1. The molecule has 0 atom stereocenters. The summed E-state index contributed by atoms with van der Waals surface area (Å²) < 4.78 is 0. The minimum atomic E-state index is -0.591. The van der Waals surface area contributed by atoms with E-state index in [2.05, 4.69) is 0 Å². The molecule has 0 heterocycles. The first-order valence-corrected chi connectivity index (χ1v) is 5.47. The number of amides is 1. The number of primary amides is 1. The minimum absolute atomic E-state index is 0.0521. The lowest BCUT2D eigenvalue weighted by Crippen LogP contribution is -2.13. The smallest absolute Gasteiger partial charge is 0.247 e. The third kappa shape index (κ3) is 4.18. The maximum Gasteiger partial charge on any atom is 0.247 e. The van der Waals surface area contributed by atoms with Crippen LogP contribution in [-0.4, -0.2) is 16.1 Å². The van der Waals surface area contributed by atoms with Gasteiger partial charge in [0.25, 0.3) is 0 Å². The molecule has 0 unspecified atom stereocenters. The van der Waals surface area contributed by atoms with Crippen molar-refractivity contribution in [2.75, 3.05) is 0 Å². The maximum absolute atomic E-state index is 10.8. The molecule has 4 N–H and O–H groups in total. The lowest BCUT2D eigenvalue weighted by molar-refractivity contribution is -0.114. The van der Waals surface area contributed by atoms with Crippen molar-refractivity contribution < 1.29 is 15.0 Å². The zero-order valence-corrected chi connectivity index (χ0v) is 9.81. The fraction of sp³-hybridized carbons (Fsp3) is 0.308. The van der Waals surface area contributed by atoms with Crippen molar-refractivity contribution in [1.82, 2.24) is 0 Å². The first-order chi connectivity index (χ1) is 8.00. The predicted octanol–water partition coefficient (Wildman–Crippen LogP) is 2.03. The van der Waals surface area contributed by atoms with Gasteiger partial charge in [-0.05, 0) is 37.5 Å². The van der Waals surface area contributed by atoms with Crippen LogP contribution in [0.1, 0.15) is 25.3 Å². The highest BCUT2D eigenvalue weighted by molar-refractivity contribution is 5.91. The molecule has 1 aromatic carbocycles. The van der Waals surface area contributed by atoms with E-state index in [9.17, 15) is 9.90 Å². The van der Waals surface area contributed by atoms with Gasteiger partial charge in [-0.15, -0.1) is 0 Å². The van der Waals surface area contributed by atoms with Crippen molar-refractivity contribution in [1.29, 1.82) is 0 Å². The third-order valence-electron chi connectivity index (χ3n) is 2.62. The highest BCUT2D eigenvalue weighted by Crippen LogP contribution is 2.14. The predicted molar refractivity (Wildman–Crippen MR) is 65.6 cm³/mol. The van der Waals surface area contributed by atoms with E-state index in [0.29, 0.717) is 6.42 Å². The topological polar surface area (TPSA) is 83.6 Å². The molecule has 1 aromatic rings. The van der Waals surface area contributed by atoms with Gasteiger partial charge in [0.05, 0.1) is 5.57 Å². The lowest BCUT2D eigenvalue weighted by atomic mass is 10.1. The van der Waals surface area contributed by atoms with Gasteiger partial charge >= 0.3 is 0 Å². The summed E-state index contributed by atoms with van der Waals surface area (Å²) in [6, 6.07) is 6.91. The molecule has 0 fully saturated rings. The Balaban J connectivity index is 2.45. The third-order valence-corrected chi connectivity index (χ3v) is 2.62. The van der Waals surface area contributed by atoms with E-state index in [4.69, 9.17) is 10.8 Å². The number of nitrogens with two attached hydrogens (primary N) is 1. The molecule has 1 amide bonds. The molecule has 0 saturated carbocycles. The van der Waals surface area contributed by atoms with E-state index in [1.165, 1.54) is 6.92 Å². The zero-order valence-electron chi connectivity index (χ0n) is 9.81. The molecule has 17 heavy (non-hydrogen) atoms. The molecule has 0 spiro atoms. The number of carbonyl (C=O) groups excluding carboxylic acids is 1. The number of allylic oxidation sites excluding steroid dienone is 1. The number of hydrogen-bond acceptors (Lipinski definition) is 3. The van der Waals surface area contributed by atoms with E-state index >= 15 is 0 Å². The summed E-state index contributed by atoms with van der Waals surface area (Å²) in [5, 5.41) is 18.7. The first-order valence-electron chi connectivity index (χ1n) is 5.47. The Morgan fingerprint density at radius 2 is 1.88 bits per heavy atom. The highest BCUT2D eigenvalue weighted by atomic mass is 16.3. The van der Waals surface area contributed by atoms with Crippen LogP contribution in [-0.2, 0) is 11.2 Å². The van der Waals surface area contributed by atoms with Crippen molar-refractivity contribution >= 4 is 5.91 Å². The number of aromatic hydroxyl groups is 1. The Kier molecular flexibility index (Phi) is 4.57.